The second-order valence-corrected chi connectivity index (χ2v) is 12.7. The van der Waals surface area contributed by atoms with Crippen molar-refractivity contribution in [1.29, 1.82) is 0 Å². The summed E-state index contributed by atoms with van der Waals surface area (Å²) in [6.07, 6.45) is 4.34. The van der Waals surface area contributed by atoms with E-state index >= 15 is 0 Å². The van der Waals surface area contributed by atoms with Crippen LogP contribution in [0.25, 0.3) is 0 Å². The van der Waals surface area contributed by atoms with Crippen LogP contribution in [-0.4, -0.2) is 90.0 Å². The molecule has 4 saturated heterocycles. The first kappa shape index (κ1) is 25.8. The van der Waals surface area contributed by atoms with Gasteiger partial charge in [-0.1, -0.05) is 24.6 Å². The van der Waals surface area contributed by atoms with E-state index in [4.69, 9.17) is 28.4 Å². The molecule has 5 aliphatic heterocycles. The summed E-state index contributed by atoms with van der Waals surface area (Å²) >= 11 is 0. The fourth-order valence-corrected chi connectivity index (χ4v) is 8.58. The summed E-state index contributed by atoms with van der Waals surface area (Å²) in [6.45, 7) is 6.20. The quantitative estimate of drug-likeness (QED) is 0.295. The van der Waals surface area contributed by atoms with E-state index in [1.807, 2.05) is 0 Å². The first-order valence-corrected chi connectivity index (χ1v) is 14.1. The molecule has 0 aromatic heterocycles. The Hall–Kier alpha value is -2.11. The Morgan fingerprint density at radius 2 is 1.90 bits per heavy atom. The van der Waals surface area contributed by atoms with Gasteiger partial charge < -0.3 is 33.5 Å². The van der Waals surface area contributed by atoms with Crippen molar-refractivity contribution in [3.05, 3.63) is 23.8 Å². The zero-order valence-electron chi connectivity index (χ0n) is 22.6. The molecule has 10 atom stereocenters. The molecule has 10 nitrogen and oxygen atoms in total. The average molecular weight is 545 g/mol. The number of esters is 2. The van der Waals surface area contributed by atoms with Gasteiger partial charge in [-0.15, -0.1) is 0 Å². The molecule has 7 rings (SSSR count). The third kappa shape index (κ3) is 3.18. The second kappa shape index (κ2) is 8.22. The molecule has 3 spiro atoms. The first-order valence-electron chi connectivity index (χ1n) is 14.1. The molecule has 1 saturated carbocycles. The minimum Gasteiger partial charge on any atom is -0.463 e. The van der Waals surface area contributed by atoms with Crippen molar-refractivity contribution in [1.82, 2.24) is 0 Å². The lowest BCUT2D eigenvalue weighted by atomic mass is 9.51. The average Bonchev–Trinajstić information content (AvgIpc) is 3.81. The highest BCUT2D eigenvalue weighted by Gasteiger charge is 2.83. The lowest BCUT2D eigenvalue weighted by molar-refractivity contribution is -0.233. The number of fused-ring (bicyclic) bond motifs is 1. The van der Waals surface area contributed by atoms with Crippen molar-refractivity contribution in [2.75, 3.05) is 19.8 Å². The molecule has 10 heteroatoms. The van der Waals surface area contributed by atoms with Crippen LogP contribution in [0.1, 0.15) is 59.3 Å². The monoisotopic (exact) mass is 544 g/mol. The van der Waals surface area contributed by atoms with Gasteiger partial charge in [-0.05, 0) is 39.5 Å². The van der Waals surface area contributed by atoms with Crippen LogP contribution in [0.15, 0.2) is 23.8 Å². The maximum absolute atomic E-state index is 13.5. The van der Waals surface area contributed by atoms with Gasteiger partial charge in [0.25, 0.3) is 0 Å². The normalized spacial score (nSPS) is 53.0. The minimum atomic E-state index is -1.54. The number of carbonyl (C=O) groups is 3. The number of cyclic esters (lactones) is 1. The van der Waals surface area contributed by atoms with Crippen LogP contribution < -0.4 is 0 Å². The summed E-state index contributed by atoms with van der Waals surface area (Å²) in [5.74, 6) is -1.43. The molecule has 5 fully saturated rings. The molecule has 7 aliphatic rings. The minimum absolute atomic E-state index is 0.0267. The Labute approximate surface area is 226 Å². The van der Waals surface area contributed by atoms with Crippen LogP contribution in [0.2, 0.25) is 0 Å². The van der Waals surface area contributed by atoms with E-state index in [0.29, 0.717) is 19.4 Å². The smallest absolute Gasteiger partial charge is 0.338 e. The molecular formula is C29H36O10. The van der Waals surface area contributed by atoms with Gasteiger partial charge in [-0.2, -0.15) is 0 Å². The number of Topliss-reactive ketones (excluding diaryl/α,β-unsaturated/α-hetero) is 1. The molecule has 2 aliphatic carbocycles. The Bertz CT molecular complexity index is 1190. The Balaban J connectivity index is 1.29. The van der Waals surface area contributed by atoms with Gasteiger partial charge in [0.15, 0.2) is 17.5 Å². The van der Waals surface area contributed by atoms with Crippen LogP contribution in [0.4, 0.5) is 0 Å². The van der Waals surface area contributed by atoms with Crippen LogP contribution >= 0.6 is 0 Å². The molecule has 0 radical (unpaired) electrons. The maximum atomic E-state index is 13.5. The van der Waals surface area contributed by atoms with Gasteiger partial charge in [-0.3, -0.25) is 4.79 Å². The SMILES string of the molecule is CC(=O)[C@]12CC/C=C\C(=O)O[C@@H]3C[C@H]4O[C@@H]5C=C(C)CC[C@]5(COC(=O)[C@@H]5O[C@@]5(CCO1)[C@@H]2O)[C@]3(C)[C@]41CO1. The summed E-state index contributed by atoms with van der Waals surface area (Å²) in [4.78, 5) is 39.4. The molecule has 212 valence electrons. The highest BCUT2D eigenvalue weighted by Crippen LogP contribution is 2.72. The topological polar surface area (TPSA) is 133 Å². The van der Waals surface area contributed by atoms with Crippen molar-refractivity contribution < 1.29 is 47.9 Å². The largest absolute Gasteiger partial charge is 0.463 e. The van der Waals surface area contributed by atoms with Gasteiger partial charge in [0.2, 0.25) is 0 Å². The van der Waals surface area contributed by atoms with Crippen molar-refractivity contribution in [3.8, 4) is 0 Å². The first-order chi connectivity index (χ1) is 18.5. The second-order valence-electron chi connectivity index (χ2n) is 12.7. The fourth-order valence-electron chi connectivity index (χ4n) is 8.58. The summed E-state index contributed by atoms with van der Waals surface area (Å²) < 4.78 is 36.7. The number of ketones is 1. The molecule has 1 N–H and O–H groups in total. The van der Waals surface area contributed by atoms with E-state index in [1.54, 1.807) is 6.08 Å². The van der Waals surface area contributed by atoms with E-state index in [-0.39, 0.29) is 50.5 Å². The molecule has 4 bridgehead atoms. The molecule has 0 unspecified atom stereocenters. The molecule has 39 heavy (non-hydrogen) atoms. The van der Waals surface area contributed by atoms with E-state index in [9.17, 15) is 19.5 Å². The molecule has 0 amide bonds. The molecular weight excluding hydrogens is 508 g/mol. The number of ether oxygens (including phenoxy) is 6. The third-order valence-electron chi connectivity index (χ3n) is 11.2. The zero-order chi connectivity index (χ0) is 27.4. The molecule has 5 heterocycles. The lowest BCUT2D eigenvalue weighted by Crippen LogP contribution is -2.67. The highest BCUT2D eigenvalue weighted by molar-refractivity contribution is 5.88. The molecule has 0 aromatic carbocycles. The fraction of sp³-hybridized carbons (Fsp3) is 0.759. The van der Waals surface area contributed by atoms with Crippen LogP contribution in [0.5, 0.6) is 0 Å². The van der Waals surface area contributed by atoms with Crippen molar-refractivity contribution in [2.45, 2.75) is 107 Å². The standard InChI is InChI=1S/C29H36O10/c1-16-7-9-26-14-34-23(32)22-28(39-22)10-11-35-27(17(2)30,24(28)33)8-5-4-6-21(31)38-18-13-20(37-19(26)12-16)29(15-36-29)25(18,26)3/h4,6,12,18-20,22,24,33H,5,7-11,13-15H2,1-3H3/b6-4-/t18-,19-,20-,22+,24-,25-,26-,27+,28-,29+/m1/s1. The number of allylic oxidation sites excluding steroid dienone is 2. The van der Waals surface area contributed by atoms with E-state index in [1.165, 1.54) is 18.6 Å². The number of aliphatic hydroxyl groups is 1. The van der Waals surface area contributed by atoms with Crippen LogP contribution in [0, 0.1) is 10.8 Å². The summed E-state index contributed by atoms with van der Waals surface area (Å²) in [5.41, 5.74) is -3.54. The van der Waals surface area contributed by atoms with E-state index < -0.39 is 57.9 Å². The Kier molecular flexibility index (Phi) is 5.45. The predicted molar refractivity (Wildman–Crippen MR) is 132 cm³/mol. The van der Waals surface area contributed by atoms with Crippen molar-refractivity contribution in [3.63, 3.8) is 0 Å². The van der Waals surface area contributed by atoms with Crippen molar-refractivity contribution >= 4 is 17.7 Å². The zero-order valence-corrected chi connectivity index (χ0v) is 22.6. The van der Waals surface area contributed by atoms with Crippen LogP contribution in [0.3, 0.4) is 0 Å². The Morgan fingerprint density at radius 3 is 2.64 bits per heavy atom. The number of carbonyl (C=O) groups excluding carboxylic acids is 3. The number of hydrogen-bond acceptors (Lipinski definition) is 10. The summed E-state index contributed by atoms with van der Waals surface area (Å²) in [7, 11) is 0. The number of hydrogen-bond donors (Lipinski definition) is 1. The van der Waals surface area contributed by atoms with Gasteiger partial charge in [-0.25, -0.2) is 9.59 Å². The van der Waals surface area contributed by atoms with Gasteiger partial charge >= 0.3 is 11.9 Å². The summed E-state index contributed by atoms with van der Waals surface area (Å²) in [6, 6.07) is 0. The van der Waals surface area contributed by atoms with Crippen LogP contribution in [-0.2, 0) is 42.8 Å². The highest BCUT2D eigenvalue weighted by atomic mass is 16.7. The lowest BCUT2D eigenvalue weighted by Gasteiger charge is -2.58. The number of aliphatic hydroxyl groups excluding tert-OH is 1. The van der Waals surface area contributed by atoms with E-state index in [0.717, 1.165) is 6.42 Å². The van der Waals surface area contributed by atoms with Gasteiger partial charge in [0.05, 0.1) is 30.8 Å². The summed E-state index contributed by atoms with van der Waals surface area (Å²) in [5, 5.41) is 11.4. The third-order valence-corrected chi connectivity index (χ3v) is 11.2. The van der Waals surface area contributed by atoms with Crippen molar-refractivity contribution in [2.24, 2.45) is 10.8 Å². The molecule has 0 aromatic rings. The Morgan fingerprint density at radius 1 is 1.10 bits per heavy atom. The number of epoxide rings is 2. The van der Waals surface area contributed by atoms with Gasteiger partial charge in [0, 0.05) is 24.3 Å². The number of rotatable bonds is 1. The predicted octanol–water partition coefficient (Wildman–Crippen LogP) is 1.71. The van der Waals surface area contributed by atoms with E-state index in [2.05, 4.69) is 19.9 Å². The van der Waals surface area contributed by atoms with Gasteiger partial charge in [0.1, 0.15) is 30.0 Å². The maximum Gasteiger partial charge on any atom is 0.338 e.